The van der Waals surface area contributed by atoms with Crippen LogP contribution in [0.5, 0.6) is 0 Å². The van der Waals surface area contributed by atoms with Crippen molar-refractivity contribution in [2.45, 2.75) is 0 Å². The van der Waals surface area contributed by atoms with Crippen molar-refractivity contribution in [1.29, 1.82) is 0 Å². The number of pyridine rings is 1. The van der Waals surface area contributed by atoms with Gasteiger partial charge in [-0.25, -0.2) is 0 Å². The standard InChI is InChI=1S/C14H11ClFIN3/c1-17-8-2-3-18-13(4-8)20-9-5-10(15)14-11(16)7-19-12(14)6-9/h2-7,19H,1H3,(H,18,20)/q-1. The number of anilines is 2. The molecule has 0 aliphatic heterocycles. The Morgan fingerprint density at radius 3 is 3.00 bits per heavy atom. The van der Waals surface area contributed by atoms with E-state index in [2.05, 4.69) is 20.2 Å². The number of benzene rings is 1. The number of aromatic amines is 1. The predicted molar refractivity (Wildman–Crippen MR) is 75.4 cm³/mol. The van der Waals surface area contributed by atoms with Crippen molar-refractivity contribution in [1.82, 2.24) is 9.97 Å². The van der Waals surface area contributed by atoms with Gasteiger partial charge < -0.3 is 0 Å². The van der Waals surface area contributed by atoms with Crippen LogP contribution in [0, 0.1) is 9.39 Å². The summed E-state index contributed by atoms with van der Waals surface area (Å²) in [5, 5.41) is 3.99. The molecule has 0 saturated heterocycles. The number of hydrogen-bond donors (Lipinski definition) is 2. The first-order valence-corrected chi connectivity index (χ1v) is 9.47. The molecule has 0 aliphatic rings. The van der Waals surface area contributed by atoms with Gasteiger partial charge in [0.15, 0.2) is 0 Å². The summed E-state index contributed by atoms with van der Waals surface area (Å²) in [6, 6.07) is 7.57. The van der Waals surface area contributed by atoms with Gasteiger partial charge in [0.05, 0.1) is 0 Å². The van der Waals surface area contributed by atoms with Crippen molar-refractivity contribution >= 4 is 34.0 Å². The average Bonchev–Trinajstić information content (AvgIpc) is 2.81. The second-order valence-electron chi connectivity index (χ2n) is 4.19. The van der Waals surface area contributed by atoms with Crippen LogP contribution in [0.4, 0.5) is 15.9 Å². The van der Waals surface area contributed by atoms with Crippen molar-refractivity contribution in [3.05, 3.63) is 51.1 Å². The Hall–Kier alpha value is -1.34. The topological polar surface area (TPSA) is 40.7 Å². The summed E-state index contributed by atoms with van der Waals surface area (Å²) in [6.45, 7) is 0. The third-order valence-corrected chi connectivity index (χ3v) is 5.11. The van der Waals surface area contributed by atoms with E-state index in [4.69, 9.17) is 11.6 Å². The molecule has 0 amide bonds. The number of nitrogens with zero attached hydrogens (tertiary/aromatic N) is 1. The first kappa shape index (κ1) is 13.6. The third kappa shape index (κ3) is 2.60. The molecular formula is C14H11ClFIN3-. The van der Waals surface area contributed by atoms with Crippen LogP contribution in [0.1, 0.15) is 0 Å². The molecule has 3 nitrogen and oxygen atoms in total. The summed E-state index contributed by atoms with van der Waals surface area (Å²) in [6.07, 6.45) is 3.09. The van der Waals surface area contributed by atoms with Gasteiger partial charge in [-0.3, -0.25) is 0 Å². The number of rotatable bonds is 3. The first-order valence-electron chi connectivity index (χ1n) is 5.86. The van der Waals surface area contributed by atoms with E-state index in [9.17, 15) is 4.39 Å². The van der Waals surface area contributed by atoms with E-state index in [1.54, 1.807) is 12.3 Å². The fourth-order valence-corrected chi connectivity index (χ4v) is 3.42. The Kier molecular flexibility index (Phi) is 3.80. The van der Waals surface area contributed by atoms with Crippen molar-refractivity contribution < 1.29 is 25.6 Å². The van der Waals surface area contributed by atoms with Crippen molar-refractivity contribution in [2.24, 2.45) is 0 Å². The molecule has 0 bridgehead atoms. The molecule has 0 saturated carbocycles. The van der Waals surface area contributed by atoms with Crippen molar-refractivity contribution in [2.75, 3.05) is 10.2 Å². The molecule has 0 fully saturated rings. The molecule has 20 heavy (non-hydrogen) atoms. The molecule has 0 radical (unpaired) electrons. The van der Waals surface area contributed by atoms with Crippen LogP contribution in [-0.2, 0) is 0 Å². The summed E-state index contributed by atoms with van der Waals surface area (Å²) >= 11 is 6.14. The summed E-state index contributed by atoms with van der Waals surface area (Å²) in [4.78, 5) is 9.34. The third-order valence-electron chi connectivity index (χ3n) is 2.90. The number of halogens is 3. The maximum atomic E-state index is 13.5. The second-order valence-corrected chi connectivity index (χ2v) is 6.92. The zero-order valence-corrected chi connectivity index (χ0v) is 13.5. The zero-order valence-electron chi connectivity index (χ0n) is 10.5. The number of aromatic nitrogens is 2. The predicted octanol–water partition coefficient (Wildman–Crippen LogP) is 0.987. The van der Waals surface area contributed by atoms with Crippen LogP contribution < -0.4 is 26.5 Å². The molecule has 0 unspecified atom stereocenters. The van der Waals surface area contributed by atoms with Crippen molar-refractivity contribution in [3.63, 3.8) is 0 Å². The number of nitrogens with one attached hydrogen (secondary N) is 2. The molecule has 2 N–H and O–H groups in total. The molecule has 6 heteroatoms. The van der Waals surface area contributed by atoms with Gasteiger partial charge in [0, 0.05) is 0 Å². The molecule has 2 heterocycles. The average molecular weight is 403 g/mol. The Morgan fingerprint density at radius 2 is 2.20 bits per heavy atom. The summed E-state index contributed by atoms with van der Waals surface area (Å²) in [5.41, 5.74) is 1.44. The summed E-state index contributed by atoms with van der Waals surface area (Å²) < 4.78 is 14.8. The molecule has 0 aliphatic carbocycles. The maximum absolute atomic E-state index is 13.5. The van der Waals surface area contributed by atoms with Crippen molar-refractivity contribution in [3.8, 4) is 0 Å². The molecule has 104 valence electrons. The van der Waals surface area contributed by atoms with E-state index in [0.29, 0.717) is 15.9 Å². The number of alkyl halides is 1. The Labute approximate surface area is 130 Å². The molecule has 0 atom stereocenters. The van der Waals surface area contributed by atoms with Crippen LogP contribution in [0.25, 0.3) is 10.9 Å². The van der Waals surface area contributed by atoms with E-state index in [1.807, 2.05) is 18.2 Å². The Morgan fingerprint density at radius 1 is 1.35 bits per heavy atom. The summed E-state index contributed by atoms with van der Waals surface area (Å²) in [5.74, 6) is 0.430. The number of fused-ring (bicyclic) bond motifs is 1. The molecule has 0 spiro atoms. The second kappa shape index (κ2) is 5.57. The van der Waals surface area contributed by atoms with Crippen LogP contribution >= 0.6 is 11.6 Å². The van der Waals surface area contributed by atoms with Gasteiger partial charge in [-0.05, 0) is 0 Å². The molecule has 3 aromatic rings. The van der Waals surface area contributed by atoms with Gasteiger partial charge in [0.25, 0.3) is 0 Å². The van der Waals surface area contributed by atoms with E-state index in [1.165, 1.54) is 9.77 Å². The fraction of sp³-hybridized carbons (Fsp3) is 0.0714. The van der Waals surface area contributed by atoms with E-state index in [-0.39, 0.29) is 27.0 Å². The van der Waals surface area contributed by atoms with Crippen LogP contribution in [0.2, 0.25) is 5.02 Å². The molecular weight excluding hydrogens is 392 g/mol. The molecule has 2 aromatic heterocycles. The van der Waals surface area contributed by atoms with Gasteiger partial charge >= 0.3 is 131 Å². The van der Waals surface area contributed by atoms with E-state index >= 15 is 0 Å². The monoisotopic (exact) mass is 402 g/mol. The van der Waals surface area contributed by atoms with E-state index in [0.717, 1.165) is 11.5 Å². The SMILES string of the molecule is C[I-]c1ccnc(Nc2cc(Cl)c3c(F)c[nH]c3c2)c1. The van der Waals surface area contributed by atoms with E-state index < -0.39 is 0 Å². The van der Waals surface area contributed by atoms with Crippen LogP contribution in [0.15, 0.2) is 36.7 Å². The van der Waals surface area contributed by atoms with Crippen LogP contribution in [0.3, 0.4) is 0 Å². The minimum atomic E-state index is -0.340. The quantitative estimate of drug-likeness (QED) is 0.507. The zero-order chi connectivity index (χ0) is 14.1. The van der Waals surface area contributed by atoms with Gasteiger partial charge in [-0.1, -0.05) is 0 Å². The Balaban J connectivity index is 1.98. The summed E-state index contributed by atoms with van der Waals surface area (Å²) in [7, 11) is 0. The van der Waals surface area contributed by atoms with Gasteiger partial charge in [-0.2, -0.15) is 0 Å². The molecule has 1 aromatic carbocycles. The number of hydrogen-bond acceptors (Lipinski definition) is 2. The van der Waals surface area contributed by atoms with Crippen LogP contribution in [-0.4, -0.2) is 14.9 Å². The van der Waals surface area contributed by atoms with Gasteiger partial charge in [0.1, 0.15) is 0 Å². The molecule has 3 rings (SSSR count). The van der Waals surface area contributed by atoms with Gasteiger partial charge in [-0.15, -0.1) is 0 Å². The Bertz CT molecular complexity index is 772. The number of H-pyrrole nitrogens is 1. The normalized spacial score (nSPS) is 11.2. The van der Waals surface area contributed by atoms with Gasteiger partial charge in [0.2, 0.25) is 0 Å². The minimum absolute atomic E-state index is 0.0226. The fourth-order valence-electron chi connectivity index (χ4n) is 1.99. The first-order chi connectivity index (χ1) is 9.67.